The third-order valence-corrected chi connectivity index (χ3v) is 1.85. The maximum atomic E-state index is 12.7. The molecular weight excluding hydrogens is 197 g/mol. The summed E-state index contributed by atoms with van der Waals surface area (Å²) >= 11 is 5.65. The number of carbonyl (C=O) groups excluding carboxylic acids is 1. The highest BCUT2D eigenvalue weighted by molar-refractivity contribution is 6.30. The van der Waals surface area contributed by atoms with E-state index < -0.39 is 11.9 Å². The fourth-order valence-corrected chi connectivity index (χ4v) is 1.14. The van der Waals surface area contributed by atoms with Gasteiger partial charge in [-0.25, -0.2) is 9.37 Å². The van der Waals surface area contributed by atoms with Crippen LogP contribution < -0.4 is 0 Å². The minimum absolute atomic E-state index is 0.135. The SMILES string of the molecule is CC(OC=O)c1cc(F)cnc1Cl. The van der Waals surface area contributed by atoms with Gasteiger partial charge in [0.1, 0.15) is 17.1 Å². The number of ether oxygens (including phenoxy) is 1. The number of aromatic nitrogens is 1. The highest BCUT2D eigenvalue weighted by Gasteiger charge is 2.12. The monoisotopic (exact) mass is 203 g/mol. The van der Waals surface area contributed by atoms with E-state index in [1.165, 1.54) is 6.07 Å². The van der Waals surface area contributed by atoms with Crippen molar-refractivity contribution < 1.29 is 13.9 Å². The van der Waals surface area contributed by atoms with Crippen LogP contribution in [0.5, 0.6) is 0 Å². The summed E-state index contributed by atoms with van der Waals surface area (Å²) in [6, 6.07) is 1.18. The Morgan fingerprint density at radius 3 is 3.08 bits per heavy atom. The summed E-state index contributed by atoms with van der Waals surface area (Å²) in [7, 11) is 0. The number of halogens is 2. The zero-order valence-corrected chi connectivity index (χ0v) is 7.58. The van der Waals surface area contributed by atoms with Crippen molar-refractivity contribution in [2.75, 3.05) is 0 Å². The van der Waals surface area contributed by atoms with Gasteiger partial charge in [0.15, 0.2) is 0 Å². The Morgan fingerprint density at radius 1 is 1.77 bits per heavy atom. The molecule has 0 aliphatic rings. The lowest BCUT2D eigenvalue weighted by Crippen LogP contribution is -2.00. The van der Waals surface area contributed by atoms with E-state index in [0.29, 0.717) is 5.56 Å². The molecule has 5 heteroatoms. The van der Waals surface area contributed by atoms with Crippen LogP contribution in [0.4, 0.5) is 4.39 Å². The second-order valence-electron chi connectivity index (χ2n) is 2.41. The first-order valence-electron chi connectivity index (χ1n) is 3.55. The summed E-state index contributed by atoms with van der Waals surface area (Å²) in [5, 5.41) is 0.135. The van der Waals surface area contributed by atoms with Crippen LogP contribution in [0.25, 0.3) is 0 Å². The molecule has 1 unspecified atom stereocenters. The van der Waals surface area contributed by atoms with Gasteiger partial charge in [0, 0.05) is 5.56 Å². The van der Waals surface area contributed by atoms with Gasteiger partial charge in [-0.2, -0.15) is 0 Å². The van der Waals surface area contributed by atoms with Crippen molar-refractivity contribution in [1.29, 1.82) is 0 Å². The van der Waals surface area contributed by atoms with Gasteiger partial charge in [-0.3, -0.25) is 4.79 Å². The molecule has 3 nitrogen and oxygen atoms in total. The van der Waals surface area contributed by atoms with Crippen LogP contribution in [0.15, 0.2) is 12.3 Å². The van der Waals surface area contributed by atoms with E-state index in [9.17, 15) is 9.18 Å². The summed E-state index contributed by atoms with van der Waals surface area (Å²) in [6.45, 7) is 1.86. The first-order chi connectivity index (χ1) is 6.15. The highest BCUT2D eigenvalue weighted by atomic mass is 35.5. The normalized spacial score (nSPS) is 12.2. The Labute approximate surface area is 79.5 Å². The topological polar surface area (TPSA) is 39.2 Å². The molecule has 0 fully saturated rings. The quantitative estimate of drug-likeness (QED) is 0.558. The van der Waals surface area contributed by atoms with Crippen LogP contribution in [-0.2, 0) is 9.53 Å². The van der Waals surface area contributed by atoms with E-state index >= 15 is 0 Å². The van der Waals surface area contributed by atoms with E-state index in [2.05, 4.69) is 9.72 Å². The molecule has 0 saturated heterocycles. The predicted molar refractivity (Wildman–Crippen MR) is 44.8 cm³/mol. The third-order valence-electron chi connectivity index (χ3n) is 1.53. The van der Waals surface area contributed by atoms with E-state index in [4.69, 9.17) is 11.6 Å². The van der Waals surface area contributed by atoms with E-state index in [1.54, 1.807) is 6.92 Å². The number of rotatable bonds is 3. The maximum Gasteiger partial charge on any atom is 0.293 e. The fourth-order valence-electron chi connectivity index (χ4n) is 0.880. The zero-order valence-electron chi connectivity index (χ0n) is 6.83. The summed E-state index contributed by atoms with van der Waals surface area (Å²) in [4.78, 5) is 13.6. The van der Waals surface area contributed by atoms with Crippen LogP contribution in [0.3, 0.4) is 0 Å². The van der Waals surface area contributed by atoms with Crippen LogP contribution in [-0.4, -0.2) is 11.5 Å². The number of pyridine rings is 1. The maximum absolute atomic E-state index is 12.7. The summed E-state index contributed by atoms with van der Waals surface area (Å²) < 4.78 is 17.3. The fraction of sp³-hybridized carbons (Fsp3) is 0.250. The molecule has 1 aromatic heterocycles. The number of hydrogen-bond acceptors (Lipinski definition) is 3. The van der Waals surface area contributed by atoms with Crippen molar-refractivity contribution in [2.24, 2.45) is 0 Å². The largest absolute Gasteiger partial charge is 0.460 e. The van der Waals surface area contributed by atoms with Gasteiger partial charge in [0.2, 0.25) is 0 Å². The van der Waals surface area contributed by atoms with Crippen molar-refractivity contribution in [3.05, 3.63) is 28.8 Å². The van der Waals surface area contributed by atoms with Crippen molar-refractivity contribution >= 4 is 18.1 Å². The van der Waals surface area contributed by atoms with Gasteiger partial charge in [-0.05, 0) is 13.0 Å². The molecule has 0 amide bonds. The minimum Gasteiger partial charge on any atom is -0.460 e. The highest BCUT2D eigenvalue weighted by Crippen LogP contribution is 2.23. The smallest absolute Gasteiger partial charge is 0.293 e. The molecule has 70 valence electrons. The van der Waals surface area contributed by atoms with Crippen LogP contribution in [0.2, 0.25) is 5.15 Å². The van der Waals surface area contributed by atoms with E-state index in [-0.39, 0.29) is 11.6 Å². The number of carbonyl (C=O) groups is 1. The molecule has 1 heterocycles. The van der Waals surface area contributed by atoms with Gasteiger partial charge in [-0.15, -0.1) is 0 Å². The summed E-state index contributed by atoms with van der Waals surface area (Å²) in [5.74, 6) is -0.513. The molecule has 0 N–H and O–H groups in total. The predicted octanol–water partition coefficient (Wildman–Crippen LogP) is 2.11. The Balaban J connectivity index is 2.97. The van der Waals surface area contributed by atoms with Gasteiger partial charge in [-0.1, -0.05) is 11.6 Å². The first kappa shape index (κ1) is 9.92. The second kappa shape index (κ2) is 4.18. The van der Waals surface area contributed by atoms with Gasteiger partial charge in [0.25, 0.3) is 6.47 Å². The molecule has 0 aliphatic heterocycles. The summed E-state index contributed by atoms with van der Waals surface area (Å²) in [6.07, 6.45) is 0.410. The molecule has 1 atom stereocenters. The van der Waals surface area contributed by atoms with Gasteiger partial charge in [0.05, 0.1) is 6.20 Å². The molecule has 13 heavy (non-hydrogen) atoms. The van der Waals surface area contributed by atoms with E-state index in [1.807, 2.05) is 0 Å². The average Bonchev–Trinajstić information content (AvgIpc) is 2.09. The zero-order chi connectivity index (χ0) is 9.84. The van der Waals surface area contributed by atoms with Crippen LogP contribution in [0.1, 0.15) is 18.6 Å². The second-order valence-corrected chi connectivity index (χ2v) is 2.77. The molecule has 0 spiro atoms. The Hall–Kier alpha value is -1.16. The Bertz CT molecular complexity index is 319. The first-order valence-corrected chi connectivity index (χ1v) is 3.93. The van der Waals surface area contributed by atoms with Gasteiger partial charge < -0.3 is 4.74 Å². The molecular formula is C8H7ClFNO2. The lowest BCUT2D eigenvalue weighted by Gasteiger charge is -2.10. The molecule has 1 rings (SSSR count). The van der Waals surface area contributed by atoms with E-state index in [0.717, 1.165) is 6.20 Å². The summed E-state index contributed by atoms with van der Waals surface area (Å²) in [5.41, 5.74) is 0.355. The molecule has 0 aliphatic carbocycles. The van der Waals surface area contributed by atoms with Crippen molar-refractivity contribution in [2.45, 2.75) is 13.0 Å². The third kappa shape index (κ3) is 2.39. The molecule has 0 radical (unpaired) electrons. The number of hydrogen-bond donors (Lipinski definition) is 0. The van der Waals surface area contributed by atoms with Crippen molar-refractivity contribution in [3.8, 4) is 0 Å². The molecule has 0 aromatic carbocycles. The lowest BCUT2D eigenvalue weighted by molar-refractivity contribution is -0.133. The Kier molecular flexibility index (Phi) is 3.19. The lowest BCUT2D eigenvalue weighted by atomic mass is 10.2. The van der Waals surface area contributed by atoms with Crippen molar-refractivity contribution in [1.82, 2.24) is 4.98 Å². The van der Waals surface area contributed by atoms with Crippen LogP contribution >= 0.6 is 11.6 Å². The van der Waals surface area contributed by atoms with Crippen LogP contribution in [0, 0.1) is 5.82 Å². The molecule has 0 bridgehead atoms. The van der Waals surface area contributed by atoms with Crippen molar-refractivity contribution in [3.63, 3.8) is 0 Å². The molecule has 0 saturated carbocycles. The molecule has 1 aromatic rings. The Morgan fingerprint density at radius 2 is 2.46 bits per heavy atom. The van der Waals surface area contributed by atoms with Gasteiger partial charge >= 0.3 is 0 Å². The standard InChI is InChI=1S/C8H7ClFNO2/c1-5(13-4-12)7-2-6(10)3-11-8(7)9/h2-5H,1H3. The average molecular weight is 204 g/mol. The number of nitrogens with zero attached hydrogens (tertiary/aromatic N) is 1. The minimum atomic E-state index is -0.590.